The van der Waals surface area contributed by atoms with Crippen LogP contribution in [0.25, 0.3) is 0 Å². The highest BCUT2D eigenvalue weighted by Crippen LogP contribution is 2.35. The van der Waals surface area contributed by atoms with Crippen molar-refractivity contribution in [1.29, 1.82) is 0 Å². The molecular formula is C25H23F3N2O5S. The van der Waals surface area contributed by atoms with Gasteiger partial charge in [0.05, 0.1) is 24.7 Å². The predicted octanol–water partition coefficient (Wildman–Crippen LogP) is 4.48. The monoisotopic (exact) mass is 520 g/mol. The van der Waals surface area contributed by atoms with Crippen molar-refractivity contribution in [2.75, 3.05) is 19.5 Å². The molecular weight excluding hydrogens is 497 g/mol. The summed E-state index contributed by atoms with van der Waals surface area (Å²) >= 11 is 0. The van der Waals surface area contributed by atoms with Crippen LogP contribution >= 0.6 is 0 Å². The molecule has 0 bridgehead atoms. The molecule has 7 nitrogen and oxygen atoms in total. The van der Waals surface area contributed by atoms with Crippen LogP contribution in [0, 0.1) is 0 Å². The van der Waals surface area contributed by atoms with Crippen molar-refractivity contribution in [3.05, 3.63) is 83.4 Å². The molecule has 1 amide bonds. The number of carbonyl (C=O) groups excluding carboxylic acids is 1. The van der Waals surface area contributed by atoms with E-state index in [1.165, 1.54) is 44.6 Å². The number of halogens is 3. The van der Waals surface area contributed by atoms with Crippen LogP contribution < -0.4 is 14.8 Å². The Morgan fingerprint density at radius 1 is 0.944 bits per heavy atom. The van der Waals surface area contributed by atoms with Gasteiger partial charge in [0, 0.05) is 18.3 Å². The Morgan fingerprint density at radius 3 is 2.31 bits per heavy atom. The maximum atomic E-state index is 13.7. The van der Waals surface area contributed by atoms with Gasteiger partial charge in [0.2, 0.25) is 15.9 Å². The number of hydrogen-bond acceptors (Lipinski definition) is 5. The second kappa shape index (κ2) is 9.82. The minimum atomic E-state index is -4.59. The highest BCUT2D eigenvalue weighted by molar-refractivity contribution is 7.89. The number of anilines is 1. The zero-order valence-corrected chi connectivity index (χ0v) is 20.2. The molecule has 1 aliphatic heterocycles. The molecule has 1 atom stereocenters. The number of nitrogens with zero attached hydrogens (tertiary/aromatic N) is 1. The minimum Gasteiger partial charge on any atom is -0.493 e. The molecule has 0 saturated carbocycles. The summed E-state index contributed by atoms with van der Waals surface area (Å²) in [6.07, 6.45) is -4.54. The van der Waals surface area contributed by atoms with E-state index in [1.807, 2.05) is 0 Å². The van der Waals surface area contributed by atoms with Gasteiger partial charge in [-0.25, -0.2) is 8.42 Å². The van der Waals surface area contributed by atoms with Crippen LogP contribution in [0.4, 0.5) is 18.9 Å². The van der Waals surface area contributed by atoms with Gasteiger partial charge in [-0.3, -0.25) is 4.79 Å². The largest absolute Gasteiger partial charge is 0.493 e. The zero-order valence-electron chi connectivity index (χ0n) is 19.4. The summed E-state index contributed by atoms with van der Waals surface area (Å²) in [7, 11) is -1.43. The fourth-order valence-electron chi connectivity index (χ4n) is 4.09. The lowest BCUT2D eigenvalue weighted by molar-refractivity contribution is -0.137. The summed E-state index contributed by atoms with van der Waals surface area (Å²) < 4.78 is 78.3. The molecule has 1 aliphatic rings. The standard InChI is InChI=1S/C25H23F3N2O5S/c1-34-22-11-10-20(14-23(22)35-2)36(32,33)30-15-17-7-4-3-6-16(17)12-21(30)24(31)29-19-9-5-8-18(13-19)25(26,27)28/h3-11,13-14,21H,12,15H2,1-2H3,(H,29,31)/t21-/m0/s1. The first-order valence-corrected chi connectivity index (χ1v) is 12.3. The van der Waals surface area contributed by atoms with Crippen LogP contribution in [0.2, 0.25) is 0 Å². The highest BCUT2D eigenvalue weighted by atomic mass is 32.2. The summed E-state index contributed by atoms with van der Waals surface area (Å²) in [5.41, 5.74) is 0.492. The molecule has 0 unspecified atom stereocenters. The number of rotatable bonds is 6. The third-order valence-corrected chi connectivity index (χ3v) is 7.78. The molecule has 1 heterocycles. The van der Waals surface area contributed by atoms with E-state index in [4.69, 9.17) is 9.47 Å². The van der Waals surface area contributed by atoms with E-state index in [0.717, 1.165) is 27.6 Å². The van der Waals surface area contributed by atoms with Crippen LogP contribution in [0.3, 0.4) is 0 Å². The summed E-state index contributed by atoms with van der Waals surface area (Å²) in [4.78, 5) is 13.2. The third-order valence-electron chi connectivity index (χ3n) is 5.93. The topological polar surface area (TPSA) is 84.9 Å². The van der Waals surface area contributed by atoms with Gasteiger partial charge in [-0.2, -0.15) is 17.5 Å². The highest BCUT2D eigenvalue weighted by Gasteiger charge is 2.40. The number of carbonyl (C=O) groups is 1. The maximum absolute atomic E-state index is 13.7. The normalized spacial score (nSPS) is 16.2. The molecule has 0 aromatic heterocycles. The lowest BCUT2D eigenvalue weighted by Gasteiger charge is -2.35. The van der Waals surface area contributed by atoms with Crippen LogP contribution in [-0.4, -0.2) is 38.9 Å². The van der Waals surface area contributed by atoms with E-state index in [2.05, 4.69) is 5.32 Å². The van der Waals surface area contributed by atoms with Crippen molar-refractivity contribution in [3.8, 4) is 11.5 Å². The predicted molar refractivity (Wildman–Crippen MR) is 126 cm³/mol. The number of fused-ring (bicyclic) bond motifs is 1. The Labute approximate surface area is 206 Å². The minimum absolute atomic E-state index is 0.0491. The van der Waals surface area contributed by atoms with Crippen molar-refractivity contribution < 1.29 is 35.9 Å². The molecule has 36 heavy (non-hydrogen) atoms. The third kappa shape index (κ3) is 5.02. The number of benzene rings is 3. The number of hydrogen-bond donors (Lipinski definition) is 1. The first-order valence-electron chi connectivity index (χ1n) is 10.8. The molecule has 4 rings (SSSR count). The average molecular weight is 521 g/mol. The van der Waals surface area contributed by atoms with Crippen LogP contribution in [-0.2, 0) is 34.0 Å². The fraction of sp³-hybridized carbons (Fsp3) is 0.240. The number of alkyl halides is 3. The fourth-order valence-corrected chi connectivity index (χ4v) is 5.67. The first-order chi connectivity index (χ1) is 17.0. The van der Waals surface area contributed by atoms with Gasteiger partial charge in [0.1, 0.15) is 6.04 Å². The van der Waals surface area contributed by atoms with Crippen LogP contribution in [0.1, 0.15) is 16.7 Å². The lowest BCUT2D eigenvalue weighted by atomic mass is 9.95. The van der Waals surface area contributed by atoms with Gasteiger partial charge in [0.15, 0.2) is 11.5 Å². The van der Waals surface area contributed by atoms with Crippen molar-refractivity contribution in [3.63, 3.8) is 0 Å². The van der Waals surface area contributed by atoms with E-state index in [9.17, 15) is 26.4 Å². The Bertz CT molecular complexity index is 1390. The quantitative estimate of drug-likeness (QED) is 0.518. The number of nitrogens with one attached hydrogen (secondary N) is 1. The SMILES string of the molecule is COc1ccc(S(=O)(=O)N2Cc3ccccc3C[C@H]2C(=O)Nc2cccc(C(F)(F)F)c2)cc1OC. The summed E-state index contributed by atoms with van der Waals surface area (Å²) in [6.45, 7) is -0.0898. The van der Waals surface area contributed by atoms with Gasteiger partial charge in [-0.15, -0.1) is 0 Å². The average Bonchev–Trinajstić information content (AvgIpc) is 2.87. The van der Waals surface area contributed by atoms with Crippen molar-refractivity contribution in [2.45, 2.75) is 30.1 Å². The lowest BCUT2D eigenvalue weighted by Crippen LogP contribution is -2.50. The van der Waals surface area contributed by atoms with Gasteiger partial charge in [-0.1, -0.05) is 30.3 Å². The molecule has 3 aromatic rings. The first kappa shape index (κ1) is 25.5. The molecule has 1 N–H and O–H groups in total. The maximum Gasteiger partial charge on any atom is 0.416 e. The van der Waals surface area contributed by atoms with Crippen molar-refractivity contribution >= 4 is 21.6 Å². The number of methoxy groups -OCH3 is 2. The molecule has 11 heteroatoms. The Hall–Kier alpha value is -3.57. The molecule has 3 aromatic carbocycles. The van der Waals surface area contributed by atoms with E-state index >= 15 is 0 Å². The molecule has 0 radical (unpaired) electrons. The van der Waals surface area contributed by atoms with Gasteiger partial charge < -0.3 is 14.8 Å². The zero-order chi connectivity index (χ0) is 26.1. The van der Waals surface area contributed by atoms with E-state index in [1.54, 1.807) is 24.3 Å². The molecule has 0 saturated heterocycles. The van der Waals surface area contributed by atoms with Crippen LogP contribution in [0.5, 0.6) is 11.5 Å². The Morgan fingerprint density at radius 2 is 1.64 bits per heavy atom. The van der Waals surface area contributed by atoms with Crippen molar-refractivity contribution in [1.82, 2.24) is 4.31 Å². The summed E-state index contributed by atoms with van der Waals surface area (Å²) in [6, 6.07) is 14.2. The second-order valence-corrected chi connectivity index (χ2v) is 10.0. The number of sulfonamides is 1. The van der Waals surface area contributed by atoms with Gasteiger partial charge in [0.25, 0.3) is 0 Å². The number of amides is 1. The molecule has 190 valence electrons. The van der Waals surface area contributed by atoms with Gasteiger partial charge >= 0.3 is 6.18 Å². The molecule has 0 aliphatic carbocycles. The van der Waals surface area contributed by atoms with E-state index < -0.39 is 33.7 Å². The smallest absolute Gasteiger partial charge is 0.416 e. The van der Waals surface area contributed by atoms with Crippen LogP contribution in [0.15, 0.2) is 71.6 Å². The summed E-state index contributed by atoms with van der Waals surface area (Å²) in [5, 5.41) is 2.46. The Balaban J connectivity index is 1.72. The molecule has 0 fully saturated rings. The molecule has 0 spiro atoms. The summed E-state index contributed by atoms with van der Waals surface area (Å²) in [5.74, 6) is -0.215. The van der Waals surface area contributed by atoms with Crippen molar-refractivity contribution in [2.24, 2.45) is 0 Å². The number of ether oxygens (including phenoxy) is 2. The Kier molecular flexibility index (Phi) is 6.96. The second-order valence-electron chi connectivity index (χ2n) is 8.12. The van der Waals surface area contributed by atoms with Gasteiger partial charge in [-0.05, 0) is 47.9 Å². The van der Waals surface area contributed by atoms with E-state index in [0.29, 0.717) is 5.75 Å². The van der Waals surface area contributed by atoms with E-state index in [-0.39, 0.29) is 29.3 Å².